The van der Waals surface area contributed by atoms with Gasteiger partial charge in [0, 0.05) is 18.8 Å². The molecule has 0 spiro atoms. The van der Waals surface area contributed by atoms with Gasteiger partial charge in [-0.05, 0) is 37.5 Å². The lowest BCUT2D eigenvalue weighted by atomic mass is 10.2. The van der Waals surface area contributed by atoms with Crippen LogP contribution in [0.15, 0.2) is 24.3 Å². The fraction of sp³-hybridized carbons (Fsp3) is 0.455. The van der Waals surface area contributed by atoms with E-state index in [1.165, 1.54) is 12.1 Å². The molecule has 14 heavy (non-hydrogen) atoms. The summed E-state index contributed by atoms with van der Waals surface area (Å²) >= 11 is 0. The van der Waals surface area contributed by atoms with E-state index >= 15 is 0 Å². The molecule has 1 aromatic rings. The van der Waals surface area contributed by atoms with E-state index in [0.717, 1.165) is 31.5 Å². The number of rotatable bonds is 6. The molecule has 0 atom stereocenters. The maximum atomic E-state index is 12.7. The Bertz CT molecular complexity index is 265. The molecule has 0 aliphatic carbocycles. The topological polar surface area (TPSA) is 32.3 Å². The van der Waals surface area contributed by atoms with Crippen LogP contribution >= 0.6 is 0 Å². The normalized spacial score (nSPS) is 10.1. The average molecular weight is 197 g/mol. The Kier molecular flexibility index (Phi) is 5.00. The highest BCUT2D eigenvalue weighted by atomic mass is 19.1. The van der Waals surface area contributed by atoms with Crippen LogP contribution in [0.3, 0.4) is 0 Å². The van der Waals surface area contributed by atoms with Crippen molar-refractivity contribution in [1.82, 2.24) is 0 Å². The molecular weight excluding hydrogens is 181 g/mol. The predicted molar refractivity (Wildman–Crippen MR) is 55.8 cm³/mol. The van der Waals surface area contributed by atoms with E-state index in [0.29, 0.717) is 0 Å². The number of hydrogen-bond donors (Lipinski definition) is 2. The van der Waals surface area contributed by atoms with Crippen molar-refractivity contribution < 1.29 is 9.50 Å². The molecule has 0 fully saturated rings. The third-order valence-electron chi connectivity index (χ3n) is 1.99. The first-order valence-electron chi connectivity index (χ1n) is 4.93. The summed E-state index contributed by atoms with van der Waals surface area (Å²) in [4.78, 5) is 0. The largest absolute Gasteiger partial charge is 0.396 e. The monoisotopic (exact) mass is 197 g/mol. The number of nitrogens with one attached hydrogen (secondary N) is 1. The van der Waals surface area contributed by atoms with Crippen molar-refractivity contribution in [2.24, 2.45) is 0 Å². The van der Waals surface area contributed by atoms with Crippen LogP contribution in [0.4, 0.5) is 10.1 Å². The van der Waals surface area contributed by atoms with Crippen LogP contribution in [0.1, 0.15) is 19.3 Å². The molecule has 0 bridgehead atoms. The van der Waals surface area contributed by atoms with Gasteiger partial charge in [0.2, 0.25) is 0 Å². The van der Waals surface area contributed by atoms with Crippen LogP contribution in [-0.4, -0.2) is 18.3 Å². The average Bonchev–Trinajstić information content (AvgIpc) is 2.18. The van der Waals surface area contributed by atoms with E-state index < -0.39 is 0 Å². The van der Waals surface area contributed by atoms with Crippen LogP contribution in [0.25, 0.3) is 0 Å². The van der Waals surface area contributed by atoms with Crippen LogP contribution < -0.4 is 5.32 Å². The third-order valence-corrected chi connectivity index (χ3v) is 1.99. The molecule has 1 rings (SSSR count). The Morgan fingerprint density at radius 3 is 2.79 bits per heavy atom. The molecular formula is C11H16FNO. The lowest BCUT2D eigenvalue weighted by Gasteiger charge is -2.05. The van der Waals surface area contributed by atoms with E-state index in [1.54, 1.807) is 6.07 Å². The van der Waals surface area contributed by atoms with Crippen molar-refractivity contribution in [3.05, 3.63) is 30.1 Å². The van der Waals surface area contributed by atoms with Crippen molar-refractivity contribution in [3.63, 3.8) is 0 Å². The maximum absolute atomic E-state index is 12.7. The van der Waals surface area contributed by atoms with Gasteiger partial charge in [0.05, 0.1) is 0 Å². The minimum atomic E-state index is -0.217. The fourth-order valence-corrected chi connectivity index (χ4v) is 1.24. The summed E-state index contributed by atoms with van der Waals surface area (Å²) in [6.45, 7) is 1.07. The van der Waals surface area contributed by atoms with E-state index in [1.807, 2.05) is 6.07 Å². The summed E-state index contributed by atoms with van der Waals surface area (Å²) in [5.41, 5.74) is 0.814. The van der Waals surface area contributed by atoms with Gasteiger partial charge in [-0.3, -0.25) is 0 Å². The summed E-state index contributed by atoms with van der Waals surface area (Å²) in [6, 6.07) is 6.43. The minimum Gasteiger partial charge on any atom is -0.396 e. The number of anilines is 1. The second-order valence-electron chi connectivity index (χ2n) is 3.22. The molecule has 0 aromatic heterocycles. The van der Waals surface area contributed by atoms with Crippen LogP contribution in [0.2, 0.25) is 0 Å². The zero-order valence-electron chi connectivity index (χ0n) is 8.17. The van der Waals surface area contributed by atoms with Crippen molar-refractivity contribution in [2.45, 2.75) is 19.3 Å². The summed E-state index contributed by atoms with van der Waals surface area (Å²) in [5.74, 6) is -0.217. The second-order valence-corrected chi connectivity index (χ2v) is 3.22. The SMILES string of the molecule is OCCCCCNc1cccc(F)c1. The molecule has 0 unspecified atom stereocenters. The molecule has 0 radical (unpaired) electrons. The van der Waals surface area contributed by atoms with Gasteiger partial charge in [-0.25, -0.2) is 4.39 Å². The van der Waals surface area contributed by atoms with Crippen LogP contribution in [0.5, 0.6) is 0 Å². The van der Waals surface area contributed by atoms with E-state index in [-0.39, 0.29) is 12.4 Å². The number of aliphatic hydroxyl groups is 1. The molecule has 0 aliphatic heterocycles. The van der Waals surface area contributed by atoms with Crippen LogP contribution in [0, 0.1) is 5.82 Å². The molecule has 78 valence electrons. The van der Waals surface area contributed by atoms with E-state index in [4.69, 9.17) is 5.11 Å². The highest BCUT2D eigenvalue weighted by Crippen LogP contribution is 2.09. The summed E-state index contributed by atoms with van der Waals surface area (Å²) in [6.07, 6.45) is 2.83. The molecule has 0 saturated heterocycles. The predicted octanol–water partition coefficient (Wildman–Crippen LogP) is 2.40. The van der Waals surface area contributed by atoms with Gasteiger partial charge in [0.1, 0.15) is 5.82 Å². The Hall–Kier alpha value is -1.09. The Morgan fingerprint density at radius 1 is 1.21 bits per heavy atom. The van der Waals surface area contributed by atoms with Gasteiger partial charge in [0.25, 0.3) is 0 Å². The lowest BCUT2D eigenvalue weighted by Crippen LogP contribution is -2.01. The number of benzene rings is 1. The maximum Gasteiger partial charge on any atom is 0.125 e. The first kappa shape index (κ1) is 11.0. The van der Waals surface area contributed by atoms with Crippen molar-refractivity contribution in [3.8, 4) is 0 Å². The standard InChI is InChI=1S/C11H16FNO/c12-10-5-4-6-11(9-10)13-7-2-1-3-8-14/h4-6,9,13-14H,1-3,7-8H2. The quantitative estimate of drug-likeness (QED) is 0.686. The highest BCUT2D eigenvalue weighted by molar-refractivity contribution is 5.42. The molecule has 0 amide bonds. The molecule has 0 heterocycles. The first-order valence-corrected chi connectivity index (χ1v) is 4.93. The Labute approximate surface area is 83.8 Å². The van der Waals surface area contributed by atoms with Gasteiger partial charge >= 0.3 is 0 Å². The molecule has 2 nitrogen and oxygen atoms in total. The third kappa shape index (κ3) is 4.23. The number of hydrogen-bond acceptors (Lipinski definition) is 2. The highest BCUT2D eigenvalue weighted by Gasteiger charge is 1.93. The van der Waals surface area contributed by atoms with E-state index in [2.05, 4.69) is 5.32 Å². The zero-order chi connectivity index (χ0) is 10.2. The Morgan fingerprint density at radius 2 is 2.07 bits per heavy atom. The number of unbranched alkanes of at least 4 members (excludes halogenated alkanes) is 2. The summed E-state index contributed by atoms with van der Waals surface area (Å²) < 4.78 is 12.7. The van der Waals surface area contributed by atoms with Crippen molar-refractivity contribution >= 4 is 5.69 Å². The minimum absolute atomic E-state index is 0.217. The van der Waals surface area contributed by atoms with Crippen molar-refractivity contribution in [2.75, 3.05) is 18.5 Å². The summed E-state index contributed by atoms with van der Waals surface area (Å²) in [5, 5.41) is 11.7. The van der Waals surface area contributed by atoms with Gasteiger partial charge in [0.15, 0.2) is 0 Å². The van der Waals surface area contributed by atoms with Gasteiger partial charge in [-0.1, -0.05) is 6.07 Å². The summed E-state index contributed by atoms with van der Waals surface area (Å²) in [7, 11) is 0. The van der Waals surface area contributed by atoms with Gasteiger partial charge < -0.3 is 10.4 Å². The number of halogens is 1. The second kappa shape index (κ2) is 6.38. The van der Waals surface area contributed by atoms with Crippen LogP contribution in [-0.2, 0) is 0 Å². The van der Waals surface area contributed by atoms with Gasteiger partial charge in [-0.15, -0.1) is 0 Å². The zero-order valence-corrected chi connectivity index (χ0v) is 8.17. The first-order chi connectivity index (χ1) is 6.83. The molecule has 0 aliphatic rings. The van der Waals surface area contributed by atoms with Crippen molar-refractivity contribution in [1.29, 1.82) is 0 Å². The lowest BCUT2D eigenvalue weighted by molar-refractivity contribution is 0.283. The van der Waals surface area contributed by atoms with E-state index in [9.17, 15) is 4.39 Å². The van der Waals surface area contributed by atoms with Gasteiger partial charge in [-0.2, -0.15) is 0 Å². The Balaban J connectivity index is 2.18. The molecule has 3 heteroatoms. The fourth-order valence-electron chi connectivity index (χ4n) is 1.24. The smallest absolute Gasteiger partial charge is 0.125 e. The molecule has 2 N–H and O–H groups in total. The number of aliphatic hydroxyl groups excluding tert-OH is 1. The molecule has 1 aromatic carbocycles. The molecule has 0 saturated carbocycles.